The summed E-state index contributed by atoms with van der Waals surface area (Å²) in [5.41, 5.74) is 8.87. The van der Waals surface area contributed by atoms with Crippen molar-refractivity contribution in [2.75, 3.05) is 0 Å². The highest BCUT2D eigenvalue weighted by Gasteiger charge is 2.21. The molecule has 42 heavy (non-hydrogen) atoms. The van der Waals surface area contributed by atoms with Crippen molar-refractivity contribution in [3.8, 4) is 0 Å². The quantitative estimate of drug-likeness (QED) is 0.297. The van der Waals surface area contributed by atoms with E-state index in [0.717, 1.165) is 35.5 Å². The van der Waals surface area contributed by atoms with Gasteiger partial charge < -0.3 is 0 Å². The molecular weight excluding hydrogens is 504 g/mol. The Bertz CT molecular complexity index is 1100. The molecule has 0 unspecified atom stereocenters. The topological polar surface area (TPSA) is 0 Å². The number of hydrogen-bond acceptors (Lipinski definition) is 0. The van der Waals surface area contributed by atoms with Crippen molar-refractivity contribution in [1.82, 2.24) is 0 Å². The Morgan fingerprint density at radius 3 is 1.02 bits per heavy atom. The van der Waals surface area contributed by atoms with Crippen molar-refractivity contribution in [3.05, 3.63) is 106 Å². The maximum Gasteiger partial charge on any atom is -0.0162 e. The first-order valence-corrected chi connectivity index (χ1v) is 17.5. The van der Waals surface area contributed by atoms with E-state index in [4.69, 9.17) is 0 Å². The fourth-order valence-electron chi connectivity index (χ4n) is 7.47. The Balaban J connectivity index is 0.000000145. The standard InChI is InChI=1S/3C14H20/c1-11-3-7-13(8-4-11)14-9-5-12(2)6-10-14;2*1-11-6-8-13(9-7-11)14-5-3-4-12(2)10-14/h3-4,7-8,12,14H,5-6,9-10H2,1-2H3;2*3-5,10-11,13H,6-9H2,1-2H3. The molecule has 3 saturated carbocycles. The minimum atomic E-state index is 0.839. The molecule has 0 saturated heterocycles. The van der Waals surface area contributed by atoms with Crippen molar-refractivity contribution in [1.29, 1.82) is 0 Å². The first-order chi connectivity index (χ1) is 20.3. The maximum absolute atomic E-state index is 2.38. The predicted octanol–water partition coefficient (Wildman–Crippen LogP) is 12.9. The highest BCUT2D eigenvalue weighted by Crippen LogP contribution is 2.37. The van der Waals surface area contributed by atoms with Gasteiger partial charge in [-0.05, 0) is 111 Å². The Morgan fingerprint density at radius 1 is 0.357 bits per heavy atom. The van der Waals surface area contributed by atoms with Crippen LogP contribution in [0.3, 0.4) is 0 Å². The molecule has 0 aliphatic heterocycles. The second-order valence-electron chi connectivity index (χ2n) is 14.6. The molecule has 0 bridgehead atoms. The first kappa shape index (κ1) is 32.6. The molecule has 0 radical (unpaired) electrons. The molecular formula is C42H60. The fraction of sp³-hybridized carbons (Fsp3) is 0.571. The molecule has 0 spiro atoms. The van der Waals surface area contributed by atoms with Crippen LogP contribution in [0.25, 0.3) is 0 Å². The lowest BCUT2D eigenvalue weighted by Crippen LogP contribution is -2.10. The monoisotopic (exact) mass is 564 g/mol. The summed E-state index contributed by atoms with van der Waals surface area (Å²) in [5, 5.41) is 0. The van der Waals surface area contributed by atoms with Crippen LogP contribution in [-0.4, -0.2) is 0 Å². The van der Waals surface area contributed by atoms with Gasteiger partial charge in [0.15, 0.2) is 0 Å². The lowest BCUT2D eigenvalue weighted by molar-refractivity contribution is 0.348. The van der Waals surface area contributed by atoms with Gasteiger partial charge in [-0.1, -0.05) is 149 Å². The SMILES string of the molecule is Cc1ccc(C2CCC(C)CC2)cc1.Cc1cccc(C2CCC(C)CC2)c1.Cc1cccc(C2CCC(C)CC2)c1. The highest BCUT2D eigenvalue weighted by molar-refractivity contribution is 5.27. The van der Waals surface area contributed by atoms with Crippen LogP contribution in [0.1, 0.15) is 149 Å². The second-order valence-corrected chi connectivity index (χ2v) is 14.6. The van der Waals surface area contributed by atoms with Crippen LogP contribution in [0.2, 0.25) is 0 Å². The maximum atomic E-state index is 2.38. The third kappa shape index (κ3) is 10.4. The number of rotatable bonds is 3. The molecule has 0 N–H and O–H groups in total. The molecule has 0 heteroatoms. The van der Waals surface area contributed by atoms with Crippen molar-refractivity contribution < 1.29 is 0 Å². The van der Waals surface area contributed by atoms with Gasteiger partial charge in [0.25, 0.3) is 0 Å². The zero-order valence-corrected chi connectivity index (χ0v) is 27.9. The smallest absolute Gasteiger partial charge is 0.0162 e. The molecule has 6 rings (SSSR count). The van der Waals surface area contributed by atoms with E-state index < -0.39 is 0 Å². The highest BCUT2D eigenvalue weighted by atomic mass is 14.3. The van der Waals surface area contributed by atoms with Crippen LogP contribution < -0.4 is 0 Å². The second kappa shape index (κ2) is 16.5. The molecule has 3 aliphatic carbocycles. The van der Waals surface area contributed by atoms with E-state index in [-0.39, 0.29) is 0 Å². The fourth-order valence-corrected chi connectivity index (χ4v) is 7.47. The lowest BCUT2D eigenvalue weighted by Gasteiger charge is -2.26. The number of hydrogen-bond donors (Lipinski definition) is 0. The molecule has 3 aliphatic rings. The van der Waals surface area contributed by atoms with Gasteiger partial charge in [0.05, 0.1) is 0 Å². The third-order valence-corrected chi connectivity index (χ3v) is 10.6. The summed E-state index contributed by atoms with van der Waals surface area (Å²) >= 11 is 0. The van der Waals surface area contributed by atoms with Gasteiger partial charge in [-0.2, -0.15) is 0 Å². The summed E-state index contributed by atoms with van der Waals surface area (Å²) in [6.07, 6.45) is 16.9. The molecule has 0 heterocycles. The minimum Gasteiger partial charge on any atom is -0.0625 e. The summed E-state index contributed by atoms with van der Waals surface area (Å²) in [6.45, 7) is 13.7. The summed E-state index contributed by atoms with van der Waals surface area (Å²) in [5.74, 6) is 5.38. The summed E-state index contributed by atoms with van der Waals surface area (Å²) in [4.78, 5) is 0. The van der Waals surface area contributed by atoms with E-state index in [0.29, 0.717) is 0 Å². The Hall–Kier alpha value is -2.34. The van der Waals surface area contributed by atoms with Crippen LogP contribution in [0, 0.1) is 38.5 Å². The average molecular weight is 565 g/mol. The van der Waals surface area contributed by atoms with Crippen LogP contribution in [0.4, 0.5) is 0 Å². The zero-order valence-electron chi connectivity index (χ0n) is 27.9. The Kier molecular flexibility index (Phi) is 12.8. The van der Waals surface area contributed by atoms with E-state index >= 15 is 0 Å². The normalized spacial score (nSPS) is 27.6. The van der Waals surface area contributed by atoms with Gasteiger partial charge >= 0.3 is 0 Å². The van der Waals surface area contributed by atoms with Gasteiger partial charge in [0.1, 0.15) is 0 Å². The van der Waals surface area contributed by atoms with Crippen molar-refractivity contribution >= 4 is 0 Å². The summed E-state index contributed by atoms with van der Waals surface area (Å²) < 4.78 is 0. The van der Waals surface area contributed by atoms with Gasteiger partial charge in [-0.15, -0.1) is 0 Å². The minimum absolute atomic E-state index is 0.839. The van der Waals surface area contributed by atoms with Crippen LogP contribution in [-0.2, 0) is 0 Å². The van der Waals surface area contributed by atoms with E-state index in [1.165, 1.54) is 93.7 Å². The molecule has 0 aromatic heterocycles. The molecule has 3 aromatic carbocycles. The van der Waals surface area contributed by atoms with Crippen molar-refractivity contribution in [2.24, 2.45) is 17.8 Å². The molecule has 3 fully saturated rings. The van der Waals surface area contributed by atoms with E-state index in [1.54, 1.807) is 16.7 Å². The lowest BCUT2D eigenvalue weighted by atomic mass is 9.79. The molecule has 0 amide bonds. The molecule has 3 aromatic rings. The first-order valence-electron chi connectivity index (χ1n) is 17.5. The van der Waals surface area contributed by atoms with E-state index in [2.05, 4.69) is 114 Å². The predicted molar refractivity (Wildman–Crippen MR) is 185 cm³/mol. The van der Waals surface area contributed by atoms with Gasteiger partial charge in [-0.25, -0.2) is 0 Å². The Morgan fingerprint density at radius 2 is 0.690 bits per heavy atom. The Labute approximate surface area is 259 Å². The molecule has 0 nitrogen and oxygen atoms in total. The zero-order chi connectivity index (χ0) is 29.9. The van der Waals surface area contributed by atoms with Crippen LogP contribution in [0.15, 0.2) is 72.8 Å². The van der Waals surface area contributed by atoms with Crippen LogP contribution in [0.5, 0.6) is 0 Å². The molecule has 228 valence electrons. The summed E-state index contributed by atoms with van der Waals surface area (Å²) in [7, 11) is 0. The van der Waals surface area contributed by atoms with Gasteiger partial charge in [0.2, 0.25) is 0 Å². The number of benzene rings is 3. The van der Waals surface area contributed by atoms with Crippen molar-refractivity contribution in [2.45, 2.75) is 136 Å². The molecule has 0 atom stereocenters. The average Bonchev–Trinajstić information content (AvgIpc) is 3.00. The van der Waals surface area contributed by atoms with Crippen molar-refractivity contribution in [3.63, 3.8) is 0 Å². The number of aryl methyl sites for hydroxylation is 3. The van der Waals surface area contributed by atoms with Gasteiger partial charge in [-0.3, -0.25) is 0 Å². The largest absolute Gasteiger partial charge is 0.0625 e. The summed E-state index contributed by atoms with van der Waals surface area (Å²) in [6, 6.07) is 27.2. The third-order valence-electron chi connectivity index (χ3n) is 10.6. The van der Waals surface area contributed by atoms with Crippen LogP contribution >= 0.6 is 0 Å². The van der Waals surface area contributed by atoms with E-state index in [9.17, 15) is 0 Å². The van der Waals surface area contributed by atoms with Gasteiger partial charge in [0, 0.05) is 0 Å². The van der Waals surface area contributed by atoms with E-state index in [1.807, 2.05) is 0 Å².